The fourth-order valence-corrected chi connectivity index (χ4v) is 4.81. The van der Waals surface area contributed by atoms with Gasteiger partial charge in [0.2, 0.25) is 10.0 Å². The summed E-state index contributed by atoms with van der Waals surface area (Å²) in [6.07, 6.45) is 1.89. The van der Waals surface area contributed by atoms with Gasteiger partial charge in [0.1, 0.15) is 5.75 Å². The maximum absolute atomic E-state index is 12.8. The summed E-state index contributed by atoms with van der Waals surface area (Å²) in [5.41, 5.74) is 0. The Morgan fingerprint density at radius 1 is 1.22 bits per heavy atom. The van der Waals surface area contributed by atoms with Crippen LogP contribution in [0.3, 0.4) is 0 Å². The van der Waals surface area contributed by atoms with E-state index in [2.05, 4.69) is 5.32 Å². The third-order valence-electron chi connectivity index (χ3n) is 4.60. The highest BCUT2D eigenvalue weighted by atomic mass is 35.5. The van der Waals surface area contributed by atoms with Crippen LogP contribution < -0.4 is 10.1 Å². The zero-order chi connectivity index (χ0) is 15.6. The van der Waals surface area contributed by atoms with E-state index in [-0.39, 0.29) is 12.4 Å². The fourth-order valence-electron chi connectivity index (χ4n) is 3.30. The molecule has 0 amide bonds. The van der Waals surface area contributed by atoms with Gasteiger partial charge >= 0.3 is 0 Å². The summed E-state index contributed by atoms with van der Waals surface area (Å²) in [6.45, 7) is 5.91. The summed E-state index contributed by atoms with van der Waals surface area (Å²) < 4.78 is 32.7. The van der Waals surface area contributed by atoms with Crippen LogP contribution >= 0.6 is 12.4 Å². The minimum absolute atomic E-state index is 0. The van der Waals surface area contributed by atoms with Gasteiger partial charge in [0.25, 0.3) is 0 Å². The molecule has 23 heavy (non-hydrogen) atoms. The molecule has 2 saturated heterocycles. The van der Waals surface area contributed by atoms with Gasteiger partial charge < -0.3 is 10.1 Å². The Bertz CT molecular complexity index is 606. The highest BCUT2D eigenvalue weighted by Crippen LogP contribution is 2.30. The van der Waals surface area contributed by atoms with Gasteiger partial charge in [-0.1, -0.05) is 6.92 Å². The summed E-state index contributed by atoms with van der Waals surface area (Å²) in [5, 5.41) is 3.37. The molecule has 1 aromatic carbocycles. The van der Waals surface area contributed by atoms with Crippen molar-refractivity contribution in [2.45, 2.75) is 24.7 Å². The summed E-state index contributed by atoms with van der Waals surface area (Å²) in [7, 11) is -3.39. The quantitative estimate of drug-likeness (QED) is 0.873. The first-order chi connectivity index (χ1) is 10.6. The van der Waals surface area contributed by atoms with Gasteiger partial charge in [-0.25, -0.2) is 8.42 Å². The average Bonchev–Trinajstić information content (AvgIpc) is 3.01. The van der Waals surface area contributed by atoms with Crippen LogP contribution in [0.5, 0.6) is 5.75 Å². The van der Waals surface area contributed by atoms with Crippen molar-refractivity contribution in [1.29, 1.82) is 0 Å². The molecular weight excluding hydrogens is 336 g/mol. The highest BCUT2D eigenvalue weighted by molar-refractivity contribution is 7.89. The van der Waals surface area contributed by atoms with E-state index in [0.717, 1.165) is 31.7 Å². The third kappa shape index (κ3) is 3.99. The number of rotatable bonds is 5. The molecule has 0 saturated carbocycles. The predicted molar refractivity (Wildman–Crippen MR) is 92.7 cm³/mol. The van der Waals surface area contributed by atoms with E-state index in [1.165, 1.54) is 0 Å². The summed E-state index contributed by atoms with van der Waals surface area (Å²) in [5.74, 6) is 1.81. The van der Waals surface area contributed by atoms with E-state index >= 15 is 0 Å². The standard InChI is InChI=1S/C16H24N2O3S.ClH/c1-2-9-21-15-3-5-16(6-4-15)22(19,20)18-8-7-13-10-17-11-14(13)12-18;/h3-6,13-14,17H,2,7-12H2,1H3;1H. The molecule has 2 fully saturated rings. The normalized spacial score (nSPS) is 24.7. The third-order valence-corrected chi connectivity index (χ3v) is 6.48. The first-order valence-electron chi connectivity index (χ1n) is 8.05. The topological polar surface area (TPSA) is 58.6 Å². The number of piperidine rings is 1. The number of fused-ring (bicyclic) bond motifs is 1. The van der Waals surface area contributed by atoms with Gasteiger partial charge in [-0.2, -0.15) is 4.31 Å². The molecule has 1 N–H and O–H groups in total. The highest BCUT2D eigenvalue weighted by Gasteiger charge is 2.37. The van der Waals surface area contributed by atoms with E-state index in [0.29, 0.717) is 36.4 Å². The molecule has 0 aromatic heterocycles. The van der Waals surface area contributed by atoms with Crippen LogP contribution in [0.4, 0.5) is 0 Å². The predicted octanol–water partition coefficient (Wildman–Crippen LogP) is 2.13. The van der Waals surface area contributed by atoms with Gasteiger partial charge in [-0.05, 0) is 62.0 Å². The smallest absolute Gasteiger partial charge is 0.243 e. The molecule has 0 bridgehead atoms. The zero-order valence-corrected chi connectivity index (χ0v) is 15.0. The Hall–Kier alpha value is -0.820. The van der Waals surface area contributed by atoms with Crippen molar-refractivity contribution in [2.75, 3.05) is 32.8 Å². The van der Waals surface area contributed by atoms with Gasteiger partial charge in [0, 0.05) is 13.1 Å². The molecule has 1 aromatic rings. The summed E-state index contributed by atoms with van der Waals surface area (Å²) in [6, 6.07) is 6.79. The molecule has 130 valence electrons. The SMILES string of the molecule is CCCOc1ccc(S(=O)(=O)N2CCC3CNCC3C2)cc1.Cl. The van der Waals surface area contributed by atoms with Crippen LogP contribution in [0.2, 0.25) is 0 Å². The first-order valence-corrected chi connectivity index (χ1v) is 9.49. The lowest BCUT2D eigenvalue weighted by Gasteiger charge is -2.33. The molecule has 7 heteroatoms. The van der Waals surface area contributed by atoms with Crippen molar-refractivity contribution < 1.29 is 13.2 Å². The molecule has 0 aliphatic carbocycles. The lowest BCUT2D eigenvalue weighted by Crippen LogP contribution is -2.43. The molecule has 2 unspecified atom stereocenters. The van der Waals surface area contributed by atoms with Crippen LogP contribution in [-0.2, 0) is 10.0 Å². The van der Waals surface area contributed by atoms with Crippen LogP contribution in [0.15, 0.2) is 29.2 Å². The number of sulfonamides is 1. The Balaban J connectivity index is 0.00000192. The maximum Gasteiger partial charge on any atom is 0.243 e. The summed E-state index contributed by atoms with van der Waals surface area (Å²) >= 11 is 0. The number of halogens is 1. The number of ether oxygens (including phenoxy) is 1. The van der Waals surface area contributed by atoms with Gasteiger partial charge in [-0.3, -0.25) is 0 Å². The van der Waals surface area contributed by atoms with E-state index in [1.807, 2.05) is 6.92 Å². The number of benzene rings is 1. The van der Waals surface area contributed by atoms with E-state index in [9.17, 15) is 8.42 Å². The van der Waals surface area contributed by atoms with Crippen molar-refractivity contribution in [3.63, 3.8) is 0 Å². The van der Waals surface area contributed by atoms with Gasteiger partial charge in [-0.15, -0.1) is 12.4 Å². The molecule has 3 rings (SSSR count). The van der Waals surface area contributed by atoms with E-state index in [1.54, 1.807) is 28.6 Å². The number of hydrogen-bond donors (Lipinski definition) is 1. The lowest BCUT2D eigenvalue weighted by molar-refractivity contribution is 0.228. The summed E-state index contributed by atoms with van der Waals surface area (Å²) in [4.78, 5) is 0.362. The van der Waals surface area contributed by atoms with Crippen LogP contribution in [-0.4, -0.2) is 45.5 Å². The van der Waals surface area contributed by atoms with Gasteiger partial charge in [0.05, 0.1) is 11.5 Å². The lowest BCUT2D eigenvalue weighted by atomic mass is 9.90. The van der Waals surface area contributed by atoms with Gasteiger partial charge in [0.15, 0.2) is 0 Å². The largest absolute Gasteiger partial charge is 0.494 e. The zero-order valence-electron chi connectivity index (χ0n) is 13.4. The van der Waals surface area contributed by atoms with Crippen molar-refractivity contribution in [1.82, 2.24) is 9.62 Å². The first kappa shape index (κ1) is 18.5. The molecule has 2 heterocycles. The maximum atomic E-state index is 12.8. The monoisotopic (exact) mass is 360 g/mol. The van der Waals surface area contributed by atoms with Crippen LogP contribution in [0.25, 0.3) is 0 Å². The van der Waals surface area contributed by atoms with Crippen LogP contribution in [0, 0.1) is 11.8 Å². The number of nitrogens with one attached hydrogen (secondary N) is 1. The Morgan fingerprint density at radius 3 is 2.61 bits per heavy atom. The molecular formula is C16H25ClN2O3S. The molecule has 2 aliphatic heterocycles. The second kappa shape index (κ2) is 7.83. The number of nitrogens with zero attached hydrogens (tertiary/aromatic N) is 1. The molecule has 0 spiro atoms. The fraction of sp³-hybridized carbons (Fsp3) is 0.625. The van der Waals surface area contributed by atoms with Crippen molar-refractivity contribution >= 4 is 22.4 Å². The van der Waals surface area contributed by atoms with E-state index in [4.69, 9.17) is 4.74 Å². The van der Waals surface area contributed by atoms with Crippen LogP contribution in [0.1, 0.15) is 19.8 Å². The minimum Gasteiger partial charge on any atom is -0.494 e. The van der Waals surface area contributed by atoms with Crippen molar-refractivity contribution in [3.8, 4) is 5.75 Å². The molecule has 5 nitrogen and oxygen atoms in total. The number of hydrogen-bond acceptors (Lipinski definition) is 4. The Labute approximate surface area is 144 Å². The minimum atomic E-state index is -3.39. The van der Waals surface area contributed by atoms with Crippen molar-refractivity contribution in [3.05, 3.63) is 24.3 Å². The van der Waals surface area contributed by atoms with Crippen molar-refractivity contribution in [2.24, 2.45) is 11.8 Å². The molecule has 0 radical (unpaired) electrons. The molecule has 2 aliphatic rings. The van der Waals surface area contributed by atoms with E-state index < -0.39 is 10.0 Å². The Kier molecular flexibility index (Phi) is 6.31. The second-order valence-electron chi connectivity index (χ2n) is 6.15. The average molecular weight is 361 g/mol. The second-order valence-corrected chi connectivity index (χ2v) is 8.09. The Morgan fingerprint density at radius 2 is 1.91 bits per heavy atom. The molecule has 2 atom stereocenters.